The molecule has 0 aliphatic rings. The number of rotatable bonds is 7. The lowest BCUT2D eigenvalue weighted by Crippen LogP contribution is -2.38. The van der Waals surface area contributed by atoms with Crippen molar-refractivity contribution in [3.05, 3.63) is 59.2 Å². The van der Waals surface area contributed by atoms with Gasteiger partial charge in [0.05, 0.1) is 23.2 Å². The molecule has 0 atom stereocenters. The highest BCUT2D eigenvalue weighted by molar-refractivity contribution is 7.92. The molecule has 0 saturated heterocycles. The van der Waals surface area contributed by atoms with E-state index in [-0.39, 0.29) is 11.9 Å². The van der Waals surface area contributed by atoms with Crippen molar-refractivity contribution >= 4 is 33.2 Å². The van der Waals surface area contributed by atoms with Crippen molar-refractivity contribution in [1.82, 2.24) is 5.32 Å². The summed E-state index contributed by atoms with van der Waals surface area (Å²) in [5.74, 6) is -0.853. The summed E-state index contributed by atoms with van der Waals surface area (Å²) in [7, 11) is -3.70. The van der Waals surface area contributed by atoms with E-state index in [1.54, 1.807) is 50.2 Å². The van der Waals surface area contributed by atoms with E-state index in [2.05, 4.69) is 10.6 Å². The molecule has 0 heterocycles. The molecule has 0 saturated carbocycles. The summed E-state index contributed by atoms with van der Waals surface area (Å²) >= 11 is 0. The van der Waals surface area contributed by atoms with Gasteiger partial charge >= 0.3 is 0 Å². The first-order valence-corrected chi connectivity index (χ1v) is 11.1. The molecule has 2 amide bonds. The van der Waals surface area contributed by atoms with Gasteiger partial charge in [-0.2, -0.15) is 0 Å². The van der Waals surface area contributed by atoms with Crippen LogP contribution in [0.25, 0.3) is 0 Å². The SMILES string of the molecule is Cc1cccc(C)c1N(CC(=O)Nc1ccccc1C(=O)NC(C)C)S(C)(=O)=O. The number of hydrogen-bond acceptors (Lipinski definition) is 4. The molecule has 0 aliphatic heterocycles. The third kappa shape index (κ3) is 5.80. The maximum absolute atomic E-state index is 12.7. The third-order valence-electron chi connectivity index (χ3n) is 4.24. The van der Waals surface area contributed by atoms with Crippen molar-refractivity contribution in [3.8, 4) is 0 Å². The summed E-state index contributed by atoms with van der Waals surface area (Å²) in [6, 6.07) is 12.0. The van der Waals surface area contributed by atoms with E-state index in [1.165, 1.54) is 0 Å². The number of amides is 2. The van der Waals surface area contributed by atoms with Crippen LogP contribution >= 0.6 is 0 Å². The molecular weight excluding hydrogens is 390 g/mol. The highest BCUT2D eigenvalue weighted by Gasteiger charge is 2.24. The predicted octanol–water partition coefficient (Wildman–Crippen LogP) is 2.85. The second-order valence-corrected chi connectivity index (χ2v) is 9.14. The summed E-state index contributed by atoms with van der Waals surface area (Å²) < 4.78 is 25.9. The molecule has 156 valence electrons. The van der Waals surface area contributed by atoms with Crippen molar-refractivity contribution in [2.24, 2.45) is 0 Å². The number of anilines is 2. The molecule has 2 rings (SSSR count). The number of benzene rings is 2. The van der Waals surface area contributed by atoms with Crippen molar-refractivity contribution < 1.29 is 18.0 Å². The smallest absolute Gasteiger partial charge is 0.253 e. The first kappa shape index (κ1) is 22.4. The van der Waals surface area contributed by atoms with Gasteiger partial charge in [0.25, 0.3) is 5.91 Å². The van der Waals surface area contributed by atoms with Crippen molar-refractivity contribution in [2.45, 2.75) is 33.7 Å². The molecule has 0 aliphatic carbocycles. The fourth-order valence-electron chi connectivity index (χ4n) is 3.01. The minimum absolute atomic E-state index is 0.0592. The number of nitrogens with one attached hydrogen (secondary N) is 2. The van der Waals surface area contributed by atoms with E-state index in [4.69, 9.17) is 0 Å². The highest BCUT2D eigenvalue weighted by Crippen LogP contribution is 2.26. The number of hydrogen-bond donors (Lipinski definition) is 2. The van der Waals surface area contributed by atoms with Gasteiger partial charge in [0, 0.05) is 6.04 Å². The van der Waals surface area contributed by atoms with Crippen LogP contribution in [0.5, 0.6) is 0 Å². The number of nitrogens with zero attached hydrogens (tertiary/aromatic N) is 1. The Bertz CT molecular complexity index is 996. The van der Waals surface area contributed by atoms with Crippen LogP contribution in [-0.2, 0) is 14.8 Å². The number of aryl methyl sites for hydroxylation is 2. The Morgan fingerprint density at radius 3 is 2.14 bits per heavy atom. The van der Waals surface area contributed by atoms with Crippen molar-refractivity contribution in [3.63, 3.8) is 0 Å². The maximum atomic E-state index is 12.7. The Hall–Kier alpha value is -2.87. The second-order valence-electron chi connectivity index (χ2n) is 7.23. The van der Waals surface area contributed by atoms with Crippen LogP contribution in [0.3, 0.4) is 0 Å². The van der Waals surface area contributed by atoms with E-state index < -0.39 is 22.5 Å². The fourth-order valence-corrected chi connectivity index (χ4v) is 3.98. The van der Waals surface area contributed by atoms with Gasteiger partial charge in [0.1, 0.15) is 6.54 Å². The van der Waals surface area contributed by atoms with Crippen LogP contribution in [0.15, 0.2) is 42.5 Å². The Labute approximate surface area is 172 Å². The second kappa shape index (κ2) is 9.09. The average Bonchev–Trinajstić information content (AvgIpc) is 2.59. The first-order chi connectivity index (χ1) is 13.5. The minimum atomic E-state index is -3.70. The summed E-state index contributed by atoms with van der Waals surface area (Å²) in [5, 5.41) is 5.45. The molecule has 0 radical (unpaired) electrons. The predicted molar refractivity (Wildman–Crippen MR) is 116 cm³/mol. The van der Waals surface area contributed by atoms with Gasteiger partial charge in [-0.05, 0) is 51.0 Å². The summed E-state index contributed by atoms with van der Waals surface area (Å²) in [6.45, 7) is 6.87. The zero-order valence-electron chi connectivity index (χ0n) is 17.3. The molecule has 2 aromatic rings. The molecule has 0 unspecified atom stereocenters. The standard InChI is InChI=1S/C21H27N3O4S/c1-14(2)22-21(26)17-11-6-7-12-18(17)23-19(25)13-24(29(5,27)28)20-15(3)9-8-10-16(20)4/h6-12,14H,13H2,1-5H3,(H,22,26)(H,23,25). The molecule has 0 fully saturated rings. The largest absolute Gasteiger partial charge is 0.350 e. The van der Waals surface area contributed by atoms with Gasteiger partial charge in [-0.25, -0.2) is 8.42 Å². The van der Waals surface area contributed by atoms with Crippen molar-refractivity contribution in [2.75, 3.05) is 22.4 Å². The lowest BCUT2D eigenvalue weighted by atomic mass is 10.1. The highest BCUT2D eigenvalue weighted by atomic mass is 32.2. The van der Waals surface area contributed by atoms with Gasteiger partial charge in [-0.3, -0.25) is 13.9 Å². The van der Waals surface area contributed by atoms with E-state index in [9.17, 15) is 18.0 Å². The maximum Gasteiger partial charge on any atom is 0.253 e. The quantitative estimate of drug-likeness (QED) is 0.724. The fraction of sp³-hybridized carbons (Fsp3) is 0.333. The average molecular weight is 418 g/mol. The molecule has 2 N–H and O–H groups in total. The minimum Gasteiger partial charge on any atom is -0.350 e. The van der Waals surface area contributed by atoms with E-state index in [0.717, 1.165) is 21.7 Å². The molecule has 0 aromatic heterocycles. The normalized spacial score (nSPS) is 11.2. The topological polar surface area (TPSA) is 95.6 Å². The van der Waals surface area contributed by atoms with E-state index >= 15 is 0 Å². The third-order valence-corrected chi connectivity index (χ3v) is 5.35. The molecular formula is C21H27N3O4S. The number of carbonyl (C=O) groups is 2. The number of carbonyl (C=O) groups excluding carboxylic acids is 2. The molecule has 0 bridgehead atoms. The summed E-state index contributed by atoms with van der Waals surface area (Å²) in [4.78, 5) is 25.1. The zero-order chi connectivity index (χ0) is 21.8. The lowest BCUT2D eigenvalue weighted by Gasteiger charge is -2.25. The van der Waals surface area contributed by atoms with Gasteiger partial charge < -0.3 is 10.6 Å². The van der Waals surface area contributed by atoms with Crippen LogP contribution in [-0.4, -0.2) is 39.1 Å². The van der Waals surface area contributed by atoms with Crippen LogP contribution < -0.4 is 14.9 Å². The molecule has 7 nitrogen and oxygen atoms in total. The van der Waals surface area contributed by atoms with Gasteiger partial charge in [-0.1, -0.05) is 30.3 Å². The van der Waals surface area contributed by atoms with Crippen LogP contribution in [0.1, 0.15) is 35.3 Å². The summed E-state index contributed by atoms with van der Waals surface area (Å²) in [5.41, 5.74) is 2.62. The van der Waals surface area contributed by atoms with Gasteiger partial charge in [0.2, 0.25) is 15.9 Å². The molecule has 0 spiro atoms. The van der Waals surface area contributed by atoms with Crippen LogP contribution in [0.4, 0.5) is 11.4 Å². The van der Waals surface area contributed by atoms with E-state index in [1.807, 2.05) is 19.9 Å². The summed E-state index contributed by atoms with van der Waals surface area (Å²) in [6.07, 6.45) is 1.07. The molecule has 29 heavy (non-hydrogen) atoms. The zero-order valence-corrected chi connectivity index (χ0v) is 18.1. The Kier molecular flexibility index (Phi) is 7.02. The monoisotopic (exact) mass is 417 g/mol. The Morgan fingerprint density at radius 2 is 1.59 bits per heavy atom. The van der Waals surface area contributed by atoms with Crippen LogP contribution in [0.2, 0.25) is 0 Å². The van der Waals surface area contributed by atoms with Gasteiger partial charge in [0.15, 0.2) is 0 Å². The lowest BCUT2D eigenvalue weighted by molar-refractivity contribution is -0.114. The Morgan fingerprint density at radius 1 is 1.00 bits per heavy atom. The number of para-hydroxylation sites is 2. The van der Waals surface area contributed by atoms with Crippen LogP contribution in [0, 0.1) is 13.8 Å². The first-order valence-electron chi connectivity index (χ1n) is 9.24. The Balaban J connectivity index is 2.30. The number of sulfonamides is 1. The van der Waals surface area contributed by atoms with Gasteiger partial charge in [-0.15, -0.1) is 0 Å². The van der Waals surface area contributed by atoms with E-state index in [0.29, 0.717) is 16.9 Å². The molecule has 8 heteroatoms. The molecule has 2 aromatic carbocycles. The van der Waals surface area contributed by atoms with Crippen molar-refractivity contribution in [1.29, 1.82) is 0 Å².